The molecule has 1 aliphatic rings. The molecule has 0 unspecified atom stereocenters. The lowest BCUT2D eigenvalue weighted by Gasteiger charge is -2.35. The minimum absolute atomic E-state index is 0.00633. The van der Waals surface area contributed by atoms with Crippen molar-refractivity contribution in [3.8, 4) is 0 Å². The van der Waals surface area contributed by atoms with E-state index in [4.69, 9.17) is 0 Å². The van der Waals surface area contributed by atoms with Gasteiger partial charge in [0.2, 0.25) is 5.91 Å². The van der Waals surface area contributed by atoms with E-state index in [0.29, 0.717) is 5.56 Å². The highest BCUT2D eigenvalue weighted by Gasteiger charge is 2.27. The van der Waals surface area contributed by atoms with Crippen LogP contribution in [0, 0.1) is 0 Å². The fourth-order valence-corrected chi connectivity index (χ4v) is 3.09. The largest absolute Gasteiger partial charge is 0.345 e. The number of carbonyl (C=O) groups is 2. The number of imidazole rings is 1. The molecule has 0 aliphatic carbocycles. The van der Waals surface area contributed by atoms with Crippen LogP contribution in [-0.4, -0.2) is 45.3 Å². The Hall–Kier alpha value is -2.37. The summed E-state index contributed by atoms with van der Waals surface area (Å²) < 4.78 is 0. The Kier molecular flexibility index (Phi) is 4.32. The van der Waals surface area contributed by atoms with Crippen LogP contribution in [0.1, 0.15) is 43.5 Å². The van der Waals surface area contributed by atoms with Crippen molar-refractivity contribution in [3.05, 3.63) is 30.1 Å². The summed E-state index contributed by atoms with van der Waals surface area (Å²) >= 11 is 0. The van der Waals surface area contributed by atoms with Crippen molar-refractivity contribution in [1.29, 1.82) is 0 Å². The second-order valence-corrected chi connectivity index (χ2v) is 6.21. The van der Waals surface area contributed by atoms with Gasteiger partial charge in [0.05, 0.1) is 17.4 Å². The van der Waals surface area contributed by atoms with Crippen LogP contribution < -0.4 is 5.32 Å². The molecule has 0 saturated carbocycles. The van der Waals surface area contributed by atoms with Crippen LogP contribution >= 0.6 is 0 Å². The Morgan fingerprint density at radius 2 is 2.22 bits per heavy atom. The summed E-state index contributed by atoms with van der Waals surface area (Å²) in [6, 6.07) is 4.98. The third kappa shape index (κ3) is 3.21. The quantitative estimate of drug-likeness (QED) is 0.910. The van der Waals surface area contributed by atoms with Crippen LogP contribution in [0.2, 0.25) is 0 Å². The molecular formula is C17H22N4O2. The minimum Gasteiger partial charge on any atom is -0.345 e. The van der Waals surface area contributed by atoms with Crippen LogP contribution in [0.4, 0.5) is 0 Å². The van der Waals surface area contributed by atoms with E-state index in [0.717, 1.165) is 36.8 Å². The van der Waals surface area contributed by atoms with E-state index in [1.807, 2.05) is 4.90 Å². The van der Waals surface area contributed by atoms with Gasteiger partial charge in [-0.15, -0.1) is 0 Å². The number of nitrogens with zero attached hydrogens (tertiary/aromatic N) is 2. The number of rotatable bonds is 3. The number of H-pyrrole nitrogens is 1. The number of likely N-dealkylation sites (tertiary alicyclic amines) is 1. The van der Waals surface area contributed by atoms with E-state index in [9.17, 15) is 9.59 Å². The van der Waals surface area contributed by atoms with Crippen molar-refractivity contribution in [3.63, 3.8) is 0 Å². The number of hydrogen-bond donors (Lipinski definition) is 2. The maximum Gasteiger partial charge on any atom is 0.251 e. The van der Waals surface area contributed by atoms with Gasteiger partial charge in [-0.1, -0.05) is 0 Å². The Morgan fingerprint density at radius 3 is 3.00 bits per heavy atom. The number of nitrogens with one attached hydrogen (secondary N) is 2. The first-order chi connectivity index (χ1) is 11.1. The monoisotopic (exact) mass is 314 g/mol. The highest BCUT2D eigenvalue weighted by Crippen LogP contribution is 2.17. The first kappa shape index (κ1) is 15.5. The first-order valence-electron chi connectivity index (χ1n) is 8.11. The molecule has 23 heavy (non-hydrogen) atoms. The Labute approximate surface area is 135 Å². The fourth-order valence-electron chi connectivity index (χ4n) is 3.09. The zero-order chi connectivity index (χ0) is 16.4. The van der Waals surface area contributed by atoms with Crippen LogP contribution in [0.25, 0.3) is 11.0 Å². The van der Waals surface area contributed by atoms with Crippen molar-refractivity contribution >= 4 is 22.8 Å². The number of aromatic nitrogens is 2. The van der Waals surface area contributed by atoms with Crippen LogP contribution in [0.5, 0.6) is 0 Å². The molecule has 1 saturated heterocycles. The van der Waals surface area contributed by atoms with E-state index in [1.54, 1.807) is 31.5 Å². The molecule has 2 aromatic rings. The topological polar surface area (TPSA) is 78.1 Å². The van der Waals surface area contributed by atoms with Gasteiger partial charge >= 0.3 is 0 Å². The Bertz CT molecular complexity index is 724. The molecule has 2 atom stereocenters. The summed E-state index contributed by atoms with van der Waals surface area (Å²) in [6.45, 7) is 4.59. The van der Waals surface area contributed by atoms with E-state index >= 15 is 0 Å². The van der Waals surface area contributed by atoms with Gasteiger partial charge in [0.15, 0.2) is 0 Å². The summed E-state index contributed by atoms with van der Waals surface area (Å²) in [5, 5.41) is 2.81. The van der Waals surface area contributed by atoms with Crippen LogP contribution in [0.15, 0.2) is 24.5 Å². The highest BCUT2D eigenvalue weighted by atomic mass is 16.2. The molecule has 3 rings (SSSR count). The summed E-state index contributed by atoms with van der Waals surface area (Å²) in [7, 11) is 0. The zero-order valence-electron chi connectivity index (χ0n) is 13.5. The molecular weight excluding hydrogens is 292 g/mol. The number of hydrogen-bond acceptors (Lipinski definition) is 3. The second kappa shape index (κ2) is 6.40. The molecule has 2 amide bonds. The van der Waals surface area contributed by atoms with Gasteiger partial charge in [-0.25, -0.2) is 4.98 Å². The predicted octanol–water partition coefficient (Wildman–Crippen LogP) is 2.08. The SMILES string of the molecule is C[C@@H]1CCCCN1C(=O)[C@@H](C)NC(=O)c1ccc2nc[nH]c2c1. The van der Waals surface area contributed by atoms with Gasteiger partial charge in [-0.2, -0.15) is 0 Å². The molecule has 6 heteroatoms. The summed E-state index contributed by atoms with van der Waals surface area (Å²) in [4.78, 5) is 33.9. The third-order valence-corrected chi connectivity index (χ3v) is 4.49. The standard InChI is InChI=1S/C17H22N4O2/c1-11-5-3-4-8-21(11)17(23)12(2)20-16(22)13-6-7-14-15(9-13)19-10-18-14/h6-7,9-12H,3-5,8H2,1-2H3,(H,18,19)(H,20,22)/t11-,12-/m1/s1. The van der Waals surface area contributed by atoms with E-state index in [-0.39, 0.29) is 17.9 Å². The molecule has 1 aliphatic heterocycles. The molecule has 122 valence electrons. The third-order valence-electron chi connectivity index (χ3n) is 4.49. The van der Waals surface area contributed by atoms with Crippen molar-refractivity contribution in [1.82, 2.24) is 20.2 Å². The maximum absolute atomic E-state index is 12.5. The van der Waals surface area contributed by atoms with Gasteiger partial charge in [0.25, 0.3) is 5.91 Å². The highest BCUT2D eigenvalue weighted by molar-refractivity contribution is 5.99. The molecule has 1 fully saturated rings. The van der Waals surface area contributed by atoms with E-state index < -0.39 is 6.04 Å². The van der Waals surface area contributed by atoms with Gasteiger partial charge in [-0.05, 0) is 51.3 Å². The number of amides is 2. The molecule has 2 heterocycles. The van der Waals surface area contributed by atoms with E-state index in [1.165, 1.54) is 0 Å². The average molecular weight is 314 g/mol. The predicted molar refractivity (Wildman–Crippen MR) is 88.0 cm³/mol. The summed E-state index contributed by atoms with van der Waals surface area (Å²) in [5.74, 6) is -0.250. The van der Waals surface area contributed by atoms with E-state index in [2.05, 4.69) is 22.2 Å². The number of fused-ring (bicyclic) bond motifs is 1. The van der Waals surface area contributed by atoms with Crippen LogP contribution in [-0.2, 0) is 4.79 Å². The zero-order valence-corrected chi connectivity index (χ0v) is 13.5. The average Bonchev–Trinajstić information content (AvgIpc) is 3.02. The molecule has 1 aromatic carbocycles. The number of aromatic amines is 1. The van der Waals surface area contributed by atoms with Crippen molar-refractivity contribution in [2.45, 2.75) is 45.2 Å². The normalized spacial score (nSPS) is 19.6. The molecule has 1 aromatic heterocycles. The first-order valence-corrected chi connectivity index (χ1v) is 8.11. The molecule has 2 N–H and O–H groups in total. The lowest BCUT2D eigenvalue weighted by atomic mass is 10.0. The van der Waals surface area contributed by atoms with Crippen molar-refractivity contribution in [2.24, 2.45) is 0 Å². The maximum atomic E-state index is 12.5. The van der Waals surface area contributed by atoms with Gasteiger partial charge in [0.1, 0.15) is 6.04 Å². The van der Waals surface area contributed by atoms with Gasteiger partial charge in [-0.3, -0.25) is 9.59 Å². The van der Waals surface area contributed by atoms with Crippen LogP contribution in [0.3, 0.4) is 0 Å². The molecule has 0 bridgehead atoms. The number of piperidine rings is 1. The summed E-state index contributed by atoms with van der Waals surface area (Å²) in [6.07, 6.45) is 4.82. The minimum atomic E-state index is -0.527. The fraction of sp³-hybridized carbons (Fsp3) is 0.471. The Balaban J connectivity index is 1.67. The smallest absolute Gasteiger partial charge is 0.251 e. The lowest BCUT2D eigenvalue weighted by molar-refractivity contribution is -0.136. The van der Waals surface area contributed by atoms with Crippen molar-refractivity contribution < 1.29 is 9.59 Å². The van der Waals surface area contributed by atoms with Gasteiger partial charge < -0.3 is 15.2 Å². The second-order valence-electron chi connectivity index (χ2n) is 6.21. The molecule has 0 radical (unpaired) electrons. The molecule has 0 spiro atoms. The summed E-state index contributed by atoms with van der Waals surface area (Å²) in [5.41, 5.74) is 2.14. The molecule has 6 nitrogen and oxygen atoms in total. The van der Waals surface area contributed by atoms with Crippen molar-refractivity contribution in [2.75, 3.05) is 6.54 Å². The number of benzene rings is 1. The Morgan fingerprint density at radius 1 is 1.39 bits per heavy atom. The van der Waals surface area contributed by atoms with Gasteiger partial charge in [0, 0.05) is 18.2 Å². The lowest BCUT2D eigenvalue weighted by Crippen LogP contribution is -2.51. The number of carbonyl (C=O) groups excluding carboxylic acids is 2.